The second-order valence-electron chi connectivity index (χ2n) is 6.44. The number of nitrogens with zero attached hydrogens (tertiary/aromatic N) is 5. The van der Waals surface area contributed by atoms with E-state index in [4.69, 9.17) is 0 Å². The molecule has 2 unspecified atom stereocenters. The molecule has 1 aliphatic carbocycles. The topological polar surface area (TPSA) is 124 Å². The molecule has 0 saturated heterocycles. The molecule has 2 atom stereocenters. The Bertz CT molecular complexity index is 934. The summed E-state index contributed by atoms with van der Waals surface area (Å²) in [6.45, 7) is 0. The molecule has 3 heterocycles. The highest BCUT2D eigenvalue weighted by atomic mass is 16.3. The lowest BCUT2D eigenvalue weighted by Gasteiger charge is -2.24. The fourth-order valence-corrected chi connectivity index (χ4v) is 3.78. The van der Waals surface area contributed by atoms with Gasteiger partial charge in [-0.1, -0.05) is 12.8 Å². The smallest absolute Gasteiger partial charge is 0.163 e. The van der Waals surface area contributed by atoms with Crippen LogP contribution in [0.1, 0.15) is 31.7 Å². The van der Waals surface area contributed by atoms with Crippen molar-refractivity contribution in [1.82, 2.24) is 24.7 Å². The third-order valence-corrected chi connectivity index (χ3v) is 4.97. The number of aliphatic hydroxyl groups excluding tert-OH is 1. The minimum absolute atomic E-state index is 0.0720. The second kappa shape index (κ2) is 6.18. The minimum Gasteiger partial charge on any atom is -0.506 e. The van der Waals surface area contributed by atoms with Gasteiger partial charge in [0.1, 0.15) is 17.7 Å². The molecule has 3 aromatic rings. The number of hydrogen-bond acceptors (Lipinski definition) is 6. The van der Waals surface area contributed by atoms with E-state index in [1.807, 2.05) is 6.07 Å². The number of rotatable bonds is 4. The molecule has 4 rings (SSSR count). The van der Waals surface area contributed by atoms with Gasteiger partial charge in [0.05, 0.1) is 29.4 Å². The molecular formula is C17H18N6O2. The number of nitriles is 1. The third-order valence-electron chi connectivity index (χ3n) is 4.97. The van der Waals surface area contributed by atoms with Gasteiger partial charge in [0, 0.05) is 18.0 Å². The van der Waals surface area contributed by atoms with Crippen molar-refractivity contribution in [2.24, 2.45) is 5.92 Å². The zero-order valence-electron chi connectivity index (χ0n) is 13.5. The van der Waals surface area contributed by atoms with Gasteiger partial charge < -0.3 is 15.2 Å². The molecule has 25 heavy (non-hydrogen) atoms. The molecule has 1 fully saturated rings. The van der Waals surface area contributed by atoms with Gasteiger partial charge in [-0.15, -0.1) is 0 Å². The Labute approximate surface area is 143 Å². The number of aromatic nitrogens is 5. The van der Waals surface area contributed by atoms with Crippen molar-refractivity contribution in [1.29, 1.82) is 5.26 Å². The van der Waals surface area contributed by atoms with Crippen LogP contribution in [0.3, 0.4) is 0 Å². The van der Waals surface area contributed by atoms with E-state index in [-0.39, 0.29) is 17.7 Å². The largest absolute Gasteiger partial charge is 0.506 e. The van der Waals surface area contributed by atoms with E-state index in [0.29, 0.717) is 22.3 Å². The van der Waals surface area contributed by atoms with Crippen molar-refractivity contribution in [3.8, 4) is 23.1 Å². The van der Waals surface area contributed by atoms with E-state index in [2.05, 4.69) is 20.1 Å². The zero-order chi connectivity index (χ0) is 17.4. The summed E-state index contributed by atoms with van der Waals surface area (Å²) < 4.78 is 1.66. The highest BCUT2D eigenvalue weighted by Crippen LogP contribution is 2.37. The number of H-pyrrole nitrogens is 1. The van der Waals surface area contributed by atoms with Crippen molar-refractivity contribution in [2.75, 3.05) is 0 Å². The highest BCUT2D eigenvalue weighted by Gasteiger charge is 2.33. The Morgan fingerprint density at radius 1 is 1.32 bits per heavy atom. The molecule has 0 aromatic carbocycles. The number of nitrogens with one attached hydrogen (secondary N) is 1. The van der Waals surface area contributed by atoms with Gasteiger partial charge >= 0.3 is 0 Å². The Hall–Kier alpha value is -2.92. The maximum absolute atomic E-state index is 10.2. The van der Waals surface area contributed by atoms with Crippen LogP contribution < -0.4 is 0 Å². The Kier molecular flexibility index (Phi) is 3.86. The molecule has 128 valence electrons. The van der Waals surface area contributed by atoms with Crippen LogP contribution >= 0.6 is 0 Å². The van der Waals surface area contributed by atoms with E-state index in [0.717, 1.165) is 25.7 Å². The summed E-state index contributed by atoms with van der Waals surface area (Å²) in [5.74, 6) is 0.302. The maximum Gasteiger partial charge on any atom is 0.163 e. The van der Waals surface area contributed by atoms with Crippen LogP contribution in [-0.2, 0) is 0 Å². The summed E-state index contributed by atoms with van der Waals surface area (Å²) in [4.78, 5) is 11.3. The Morgan fingerprint density at radius 2 is 2.12 bits per heavy atom. The molecule has 1 aliphatic rings. The number of aromatic hydroxyl groups is 1. The van der Waals surface area contributed by atoms with E-state index < -0.39 is 6.10 Å². The van der Waals surface area contributed by atoms with Crippen molar-refractivity contribution in [2.45, 2.75) is 37.8 Å². The van der Waals surface area contributed by atoms with E-state index in [1.54, 1.807) is 17.1 Å². The number of fused-ring (bicyclic) bond motifs is 1. The summed E-state index contributed by atoms with van der Waals surface area (Å²) in [5.41, 5.74) is 1.81. The van der Waals surface area contributed by atoms with Crippen molar-refractivity contribution < 1.29 is 10.2 Å². The quantitative estimate of drug-likeness (QED) is 0.626. The standard InChI is InChI=1S/C17H18N6O2/c18-5-12(24)16(10-3-1-2-4-10)23-8-11(6-22-23)15-14-13(25)7-19-17(14)21-9-20-15/h6-10,12,16,24-25H,1-4H2,(H,19,20,21). The van der Waals surface area contributed by atoms with Gasteiger partial charge in [0.2, 0.25) is 0 Å². The summed E-state index contributed by atoms with van der Waals surface area (Å²) >= 11 is 0. The molecule has 1 saturated carbocycles. The number of aliphatic hydroxyl groups is 1. The van der Waals surface area contributed by atoms with Gasteiger partial charge in [-0.3, -0.25) is 4.68 Å². The normalized spacial score (nSPS) is 17.6. The van der Waals surface area contributed by atoms with Gasteiger partial charge in [-0.2, -0.15) is 10.4 Å². The molecule has 0 radical (unpaired) electrons. The molecule has 8 heteroatoms. The predicted octanol–water partition coefficient (Wildman–Crippen LogP) is 2.14. The molecule has 0 amide bonds. The molecule has 3 N–H and O–H groups in total. The van der Waals surface area contributed by atoms with Gasteiger partial charge in [-0.25, -0.2) is 9.97 Å². The monoisotopic (exact) mass is 338 g/mol. The average molecular weight is 338 g/mol. The van der Waals surface area contributed by atoms with E-state index in [1.165, 1.54) is 12.5 Å². The first-order valence-electron chi connectivity index (χ1n) is 8.32. The molecule has 3 aromatic heterocycles. The zero-order valence-corrected chi connectivity index (χ0v) is 13.5. The predicted molar refractivity (Wildman–Crippen MR) is 89.4 cm³/mol. The van der Waals surface area contributed by atoms with Gasteiger partial charge in [0.25, 0.3) is 0 Å². The number of hydrogen-bond donors (Lipinski definition) is 3. The van der Waals surface area contributed by atoms with Crippen LogP contribution in [0.2, 0.25) is 0 Å². The maximum atomic E-state index is 10.2. The average Bonchev–Trinajstić information content (AvgIpc) is 3.37. The lowest BCUT2D eigenvalue weighted by Crippen LogP contribution is -2.29. The van der Waals surface area contributed by atoms with Crippen LogP contribution in [0.25, 0.3) is 22.3 Å². The summed E-state index contributed by atoms with van der Waals surface area (Å²) in [7, 11) is 0. The van der Waals surface area contributed by atoms with Gasteiger partial charge in [0.15, 0.2) is 6.10 Å². The van der Waals surface area contributed by atoms with Crippen LogP contribution in [-0.4, -0.2) is 41.0 Å². The van der Waals surface area contributed by atoms with Crippen LogP contribution in [0, 0.1) is 17.2 Å². The van der Waals surface area contributed by atoms with E-state index in [9.17, 15) is 15.5 Å². The summed E-state index contributed by atoms with van der Waals surface area (Å²) in [6.07, 6.45) is 9.37. The Balaban J connectivity index is 1.75. The summed E-state index contributed by atoms with van der Waals surface area (Å²) in [5, 5.41) is 34.4. The highest BCUT2D eigenvalue weighted by molar-refractivity contribution is 5.95. The molecule has 0 spiro atoms. The SMILES string of the molecule is N#CC(O)C(C1CCCC1)n1cc(-c2ncnc3[nH]cc(O)c23)cn1. The third kappa shape index (κ3) is 2.62. The van der Waals surface area contributed by atoms with Gasteiger partial charge in [-0.05, 0) is 18.8 Å². The molecule has 0 aliphatic heterocycles. The van der Waals surface area contributed by atoms with Crippen LogP contribution in [0.5, 0.6) is 5.75 Å². The van der Waals surface area contributed by atoms with Crippen molar-refractivity contribution in [3.63, 3.8) is 0 Å². The second-order valence-corrected chi connectivity index (χ2v) is 6.44. The first kappa shape index (κ1) is 15.6. The lowest BCUT2D eigenvalue weighted by molar-refractivity contribution is 0.115. The first-order chi connectivity index (χ1) is 12.2. The van der Waals surface area contributed by atoms with Crippen molar-refractivity contribution >= 4 is 11.0 Å². The van der Waals surface area contributed by atoms with Crippen molar-refractivity contribution in [3.05, 3.63) is 24.9 Å². The minimum atomic E-state index is -1.11. The molecule has 8 nitrogen and oxygen atoms in total. The molecular weight excluding hydrogens is 320 g/mol. The lowest BCUT2D eigenvalue weighted by atomic mass is 9.94. The fourth-order valence-electron chi connectivity index (χ4n) is 3.78. The van der Waals surface area contributed by atoms with Crippen LogP contribution in [0.4, 0.5) is 0 Å². The van der Waals surface area contributed by atoms with E-state index >= 15 is 0 Å². The molecule has 0 bridgehead atoms. The van der Waals surface area contributed by atoms with Crippen LogP contribution in [0.15, 0.2) is 24.9 Å². The first-order valence-corrected chi connectivity index (χ1v) is 8.32. The Morgan fingerprint density at radius 3 is 2.88 bits per heavy atom. The summed E-state index contributed by atoms with van der Waals surface area (Å²) in [6, 6.07) is 1.57. The fraction of sp³-hybridized carbons (Fsp3) is 0.412. The number of aromatic amines is 1.